The van der Waals surface area contributed by atoms with Gasteiger partial charge in [-0.15, -0.1) is 24.0 Å². The molecule has 2 nitrogen and oxygen atoms in total. The number of hydrogen-bond acceptors (Lipinski definition) is 2. The van der Waals surface area contributed by atoms with Crippen molar-refractivity contribution >= 4 is 24.0 Å². The van der Waals surface area contributed by atoms with Gasteiger partial charge in [0.2, 0.25) is 0 Å². The van der Waals surface area contributed by atoms with E-state index in [-0.39, 0.29) is 24.4 Å². The fourth-order valence-corrected chi connectivity index (χ4v) is 1.20. The Morgan fingerprint density at radius 2 is 1.85 bits per heavy atom. The van der Waals surface area contributed by atoms with Crippen molar-refractivity contribution < 1.29 is 5.11 Å². The smallest absolute Gasteiger partial charge is 0.0758 e. The highest BCUT2D eigenvalue weighted by Crippen LogP contribution is 2.22. The zero-order valence-corrected chi connectivity index (χ0v) is 8.63. The van der Waals surface area contributed by atoms with Crippen LogP contribution in [0.4, 0.5) is 0 Å². The van der Waals surface area contributed by atoms with Gasteiger partial charge in [0.1, 0.15) is 0 Å². The molecule has 0 aromatic heterocycles. The van der Waals surface area contributed by atoms with E-state index in [9.17, 15) is 0 Å². The number of aliphatic hydroxyl groups is 1. The molecule has 0 saturated carbocycles. The van der Waals surface area contributed by atoms with E-state index in [4.69, 9.17) is 22.4 Å². The van der Waals surface area contributed by atoms with Crippen molar-refractivity contribution in [1.29, 1.82) is 0 Å². The quantitative estimate of drug-likeness (QED) is 0.764. The fourth-order valence-electron chi connectivity index (χ4n) is 0.977. The van der Waals surface area contributed by atoms with Gasteiger partial charge in [-0.05, 0) is 5.56 Å². The fraction of sp³-hybridized carbons (Fsp3) is 0.333. The van der Waals surface area contributed by atoms with Crippen LogP contribution in [0.25, 0.3) is 0 Å². The largest absolute Gasteiger partial charge is 0.395 e. The summed E-state index contributed by atoms with van der Waals surface area (Å²) in [7, 11) is 0. The third kappa shape index (κ3) is 3.53. The summed E-state index contributed by atoms with van der Waals surface area (Å²) < 4.78 is 0. The minimum absolute atomic E-state index is 0. The molecule has 0 radical (unpaired) electrons. The lowest BCUT2D eigenvalue weighted by atomic mass is 10.1. The molecule has 13 heavy (non-hydrogen) atoms. The van der Waals surface area contributed by atoms with Crippen molar-refractivity contribution in [2.75, 3.05) is 6.61 Å². The number of nitrogens with two attached hydrogens (primary N) is 1. The van der Waals surface area contributed by atoms with Crippen LogP contribution in [0.15, 0.2) is 30.3 Å². The molecule has 2 unspecified atom stereocenters. The third-order valence-corrected chi connectivity index (χ3v) is 2.28. The van der Waals surface area contributed by atoms with Crippen LogP contribution < -0.4 is 5.73 Å². The van der Waals surface area contributed by atoms with Crippen LogP contribution in [-0.4, -0.2) is 17.8 Å². The third-order valence-electron chi connectivity index (χ3n) is 1.70. The first-order valence-electron chi connectivity index (χ1n) is 3.81. The predicted molar refractivity (Wildman–Crippen MR) is 57.3 cm³/mol. The zero-order chi connectivity index (χ0) is 8.97. The molecule has 1 aromatic carbocycles. The van der Waals surface area contributed by atoms with E-state index < -0.39 is 6.04 Å². The molecule has 4 heteroatoms. The summed E-state index contributed by atoms with van der Waals surface area (Å²) >= 11 is 5.97. The van der Waals surface area contributed by atoms with E-state index in [1.807, 2.05) is 30.3 Å². The average Bonchev–Trinajstić information content (AvgIpc) is 2.17. The predicted octanol–water partition coefficient (Wildman–Crippen LogP) is 1.71. The molecule has 0 aliphatic carbocycles. The molecule has 0 aliphatic rings. The average molecular weight is 222 g/mol. The Balaban J connectivity index is 0.00000144. The normalized spacial score (nSPS) is 14.4. The van der Waals surface area contributed by atoms with Crippen molar-refractivity contribution in [1.82, 2.24) is 0 Å². The lowest BCUT2D eigenvalue weighted by molar-refractivity contribution is 0.263. The van der Waals surface area contributed by atoms with Crippen LogP contribution in [0.3, 0.4) is 0 Å². The Hall–Kier alpha value is -0.280. The van der Waals surface area contributed by atoms with Crippen molar-refractivity contribution in [3.05, 3.63) is 35.9 Å². The summed E-state index contributed by atoms with van der Waals surface area (Å²) in [6.07, 6.45) is 0. The summed E-state index contributed by atoms with van der Waals surface area (Å²) in [6, 6.07) is 9.11. The van der Waals surface area contributed by atoms with Gasteiger partial charge in [-0.25, -0.2) is 0 Å². The lowest BCUT2D eigenvalue weighted by Gasteiger charge is -2.15. The van der Waals surface area contributed by atoms with Crippen LogP contribution in [0.2, 0.25) is 0 Å². The maximum Gasteiger partial charge on any atom is 0.0758 e. The number of benzene rings is 1. The summed E-state index contributed by atoms with van der Waals surface area (Å²) in [6.45, 7) is -0.0942. The molecule has 3 N–H and O–H groups in total. The van der Waals surface area contributed by atoms with Gasteiger partial charge in [0.25, 0.3) is 0 Å². The monoisotopic (exact) mass is 221 g/mol. The van der Waals surface area contributed by atoms with Gasteiger partial charge in [-0.3, -0.25) is 0 Å². The SMILES string of the molecule is Cl.NC(CO)C(Cl)c1ccccc1. The van der Waals surface area contributed by atoms with E-state index in [1.165, 1.54) is 0 Å². The van der Waals surface area contributed by atoms with E-state index in [1.54, 1.807) is 0 Å². The maximum absolute atomic E-state index is 8.76. The first-order valence-corrected chi connectivity index (χ1v) is 4.25. The van der Waals surface area contributed by atoms with Crippen LogP contribution in [-0.2, 0) is 0 Å². The molecule has 0 fully saturated rings. The summed E-state index contributed by atoms with van der Waals surface area (Å²) in [4.78, 5) is 0. The molecule has 1 rings (SSSR count). The standard InChI is InChI=1S/C9H12ClNO.ClH/c10-9(8(11)6-12)7-4-2-1-3-5-7;/h1-5,8-9,12H,6,11H2;1H. The number of alkyl halides is 1. The molecule has 0 saturated heterocycles. The Morgan fingerprint density at radius 3 is 2.31 bits per heavy atom. The number of hydrogen-bond donors (Lipinski definition) is 2. The van der Waals surface area contributed by atoms with Gasteiger partial charge in [0, 0.05) is 6.04 Å². The van der Waals surface area contributed by atoms with Gasteiger partial charge < -0.3 is 10.8 Å². The summed E-state index contributed by atoms with van der Waals surface area (Å²) in [5.74, 6) is 0. The molecule has 0 amide bonds. The molecule has 1 aromatic rings. The second-order valence-corrected chi connectivity index (χ2v) is 3.13. The van der Waals surface area contributed by atoms with Crippen LogP contribution in [0, 0.1) is 0 Å². The summed E-state index contributed by atoms with van der Waals surface area (Å²) in [5.41, 5.74) is 6.51. The second kappa shape index (κ2) is 6.22. The lowest BCUT2D eigenvalue weighted by Crippen LogP contribution is -2.29. The molecule has 2 atom stereocenters. The Kier molecular flexibility index (Phi) is 6.08. The number of aliphatic hydroxyl groups excluding tert-OH is 1. The molecule has 74 valence electrons. The highest BCUT2D eigenvalue weighted by atomic mass is 35.5. The molecule has 0 aliphatic heterocycles. The topological polar surface area (TPSA) is 46.2 Å². The van der Waals surface area contributed by atoms with Gasteiger partial charge in [0.15, 0.2) is 0 Å². The Morgan fingerprint density at radius 1 is 1.31 bits per heavy atom. The number of halogens is 2. The maximum atomic E-state index is 8.76. The van der Waals surface area contributed by atoms with Crippen molar-refractivity contribution in [2.45, 2.75) is 11.4 Å². The van der Waals surface area contributed by atoms with E-state index in [0.29, 0.717) is 0 Å². The summed E-state index contributed by atoms with van der Waals surface area (Å²) in [5, 5.41) is 8.45. The minimum atomic E-state index is -0.394. The van der Waals surface area contributed by atoms with Crippen LogP contribution in [0.1, 0.15) is 10.9 Å². The number of rotatable bonds is 3. The van der Waals surface area contributed by atoms with Crippen molar-refractivity contribution in [2.24, 2.45) is 5.73 Å². The van der Waals surface area contributed by atoms with Gasteiger partial charge in [-0.1, -0.05) is 30.3 Å². The van der Waals surface area contributed by atoms with Crippen LogP contribution in [0.5, 0.6) is 0 Å². The highest BCUT2D eigenvalue weighted by Gasteiger charge is 2.14. The Bertz CT molecular complexity index is 230. The first-order chi connectivity index (χ1) is 5.75. The van der Waals surface area contributed by atoms with Crippen molar-refractivity contribution in [3.63, 3.8) is 0 Å². The zero-order valence-electron chi connectivity index (χ0n) is 7.06. The van der Waals surface area contributed by atoms with E-state index >= 15 is 0 Å². The molecule has 0 heterocycles. The molecular weight excluding hydrogens is 209 g/mol. The van der Waals surface area contributed by atoms with E-state index in [0.717, 1.165) is 5.56 Å². The molecular formula is C9H13Cl2NO. The minimum Gasteiger partial charge on any atom is -0.395 e. The van der Waals surface area contributed by atoms with E-state index in [2.05, 4.69) is 0 Å². The Labute approximate surface area is 89.1 Å². The molecule has 0 bridgehead atoms. The van der Waals surface area contributed by atoms with Crippen molar-refractivity contribution in [3.8, 4) is 0 Å². The van der Waals surface area contributed by atoms with Gasteiger partial charge in [-0.2, -0.15) is 0 Å². The highest BCUT2D eigenvalue weighted by molar-refractivity contribution is 6.21. The van der Waals surface area contributed by atoms with Crippen LogP contribution >= 0.6 is 24.0 Å². The van der Waals surface area contributed by atoms with Gasteiger partial charge in [0.05, 0.1) is 12.0 Å². The second-order valence-electron chi connectivity index (χ2n) is 2.66. The van der Waals surface area contributed by atoms with Gasteiger partial charge >= 0.3 is 0 Å². The molecule has 0 spiro atoms. The first kappa shape index (κ1) is 12.7.